The molecule has 100 valence electrons. The van der Waals surface area contributed by atoms with Gasteiger partial charge in [-0.25, -0.2) is 4.79 Å². The molecule has 1 atom stereocenters. The van der Waals surface area contributed by atoms with E-state index in [1.54, 1.807) is 6.92 Å². The topological polar surface area (TPSA) is 58.6 Å². The van der Waals surface area contributed by atoms with Crippen molar-refractivity contribution in [2.45, 2.75) is 25.8 Å². The molecule has 0 saturated carbocycles. The van der Waals surface area contributed by atoms with Gasteiger partial charge in [0.25, 0.3) is 0 Å². The van der Waals surface area contributed by atoms with Crippen molar-refractivity contribution >= 4 is 5.97 Å². The quantitative estimate of drug-likeness (QED) is 0.545. The summed E-state index contributed by atoms with van der Waals surface area (Å²) in [6, 6.07) is 9.09. The summed E-state index contributed by atoms with van der Waals surface area (Å²) < 4.78 is 5.06. The van der Waals surface area contributed by atoms with Gasteiger partial charge >= 0.3 is 5.97 Å². The van der Waals surface area contributed by atoms with E-state index in [4.69, 9.17) is 9.84 Å². The SMILES string of the molecule is CCOC(=O)C(NCCCCO)c1ccccc1. The Morgan fingerprint density at radius 3 is 2.67 bits per heavy atom. The summed E-state index contributed by atoms with van der Waals surface area (Å²) in [5.41, 5.74) is 0.903. The lowest BCUT2D eigenvalue weighted by Gasteiger charge is -2.17. The van der Waals surface area contributed by atoms with Crippen LogP contribution in [-0.2, 0) is 9.53 Å². The van der Waals surface area contributed by atoms with Gasteiger partial charge < -0.3 is 15.2 Å². The molecule has 0 aliphatic rings. The summed E-state index contributed by atoms with van der Waals surface area (Å²) in [7, 11) is 0. The molecule has 1 unspecified atom stereocenters. The molecular weight excluding hydrogens is 230 g/mol. The molecule has 0 heterocycles. The first-order valence-corrected chi connectivity index (χ1v) is 6.35. The number of aliphatic hydroxyl groups is 1. The maximum absolute atomic E-state index is 11.9. The van der Waals surface area contributed by atoms with Crippen LogP contribution in [0.25, 0.3) is 0 Å². The average Bonchev–Trinajstić information content (AvgIpc) is 2.40. The number of hydrogen-bond donors (Lipinski definition) is 2. The Morgan fingerprint density at radius 2 is 2.06 bits per heavy atom. The first kappa shape index (κ1) is 14.7. The normalized spacial score (nSPS) is 12.1. The van der Waals surface area contributed by atoms with Crippen molar-refractivity contribution in [1.82, 2.24) is 5.32 Å². The van der Waals surface area contributed by atoms with E-state index >= 15 is 0 Å². The lowest BCUT2D eigenvalue weighted by Crippen LogP contribution is -2.31. The summed E-state index contributed by atoms with van der Waals surface area (Å²) >= 11 is 0. The molecule has 18 heavy (non-hydrogen) atoms. The number of hydrogen-bond acceptors (Lipinski definition) is 4. The highest BCUT2D eigenvalue weighted by atomic mass is 16.5. The van der Waals surface area contributed by atoms with Gasteiger partial charge in [-0.1, -0.05) is 30.3 Å². The largest absolute Gasteiger partial charge is 0.465 e. The molecule has 1 rings (SSSR count). The molecule has 1 aromatic rings. The average molecular weight is 251 g/mol. The maximum Gasteiger partial charge on any atom is 0.327 e. The second kappa shape index (κ2) is 8.66. The molecule has 1 aromatic carbocycles. The van der Waals surface area contributed by atoms with Crippen LogP contribution in [0.3, 0.4) is 0 Å². The number of nitrogens with one attached hydrogen (secondary N) is 1. The molecule has 0 amide bonds. The van der Waals surface area contributed by atoms with E-state index in [0.29, 0.717) is 13.2 Å². The van der Waals surface area contributed by atoms with Crippen LogP contribution in [0, 0.1) is 0 Å². The third-order valence-electron chi connectivity index (χ3n) is 2.59. The fourth-order valence-electron chi connectivity index (χ4n) is 1.69. The van der Waals surface area contributed by atoms with E-state index < -0.39 is 6.04 Å². The summed E-state index contributed by atoms with van der Waals surface area (Å²) in [5.74, 6) is -0.257. The summed E-state index contributed by atoms with van der Waals surface area (Å²) in [4.78, 5) is 11.9. The lowest BCUT2D eigenvalue weighted by atomic mass is 10.1. The van der Waals surface area contributed by atoms with E-state index in [2.05, 4.69) is 5.32 Å². The van der Waals surface area contributed by atoms with Crippen molar-refractivity contribution in [1.29, 1.82) is 0 Å². The van der Waals surface area contributed by atoms with Crippen LogP contribution < -0.4 is 5.32 Å². The van der Waals surface area contributed by atoms with Crippen LogP contribution in [0.4, 0.5) is 0 Å². The molecule has 0 radical (unpaired) electrons. The molecule has 0 aliphatic carbocycles. The Hall–Kier alpha value is -1.39. The first-order chi connectivity index (χ1) is 8.79. The minimum atomic E-state index is -0.426. The fraction of sp³-hybridized carbons (Fsp3) is 0.500. The van der Waals surface area contributed by atoms with E-state index in [1.807, 2.05) is 30.3 Å². The number of esters is 1. The van der Waals surface area contributed by atoms with E-state index in [9.17, 15) is 4.79 Å². The zero-order chi connectivity index (χ0) is 13.2. The van der Waals surface area contributed by atoms with Gasteiger partial charge in [-0.3, -0.25) is 0 Å². The zero-order valence-corrected chi connectivity index (χ0v) is 10.8. The van der Waals surface area contributed by atoms with Gasteiger partial charge in [-0.2, -0.15) is 0 Å². The Bertz CT molecular complexity index is 340. The smallest absolute Gasteiger partial charge is 0.327 e. The van der Waals surface area contributed by atoms with Crippen molar-refractivity contribution in [3.63, 3.8) is 0 Å². The molecule has 4 nitrogen and oxygen atoms in total. The molecule has 0 saturated heterocycles. The Balaban J connectivity index is 2.61. The molecule has 2 N–H and O–H groups in total. The summed E-state index contributed by atoms with van der Waals surface area (Å²) in [5, 5.41) is 11.9. The third kappa shape index (κ3) is 4.85. The minimum absolute atomic E-state index is 0.178. The van der Waals surface area contributed by atoms with Crippen LogP contribution in [0.5, 0.6) is 0 Å². The molecule has 0 spiro atoms. The maximum atomic E-state index is 11.9. The number of benzene rings is 1. The number of unbranched alkanes of at least 4 members (excludes halogenated alkanes) is 1. The molecule has 0 bridgehead atoms. The highest BCUT2D eigenvalue weighted by Gasteiger charge is 2.20. The summed E-state index contributed by atoms with van der Waals surface area (Å²) in [6.45, 7) is 3.03. The van der Waals surface area contributed by atoms with Crippen molar-refractivity contribution in [3.8, 4) is 0 Å². The Labute approximate surface area is 108 Å². The highest BCUT2D eigenvalue weighted by Crippen LogP contribution is 2.14. The van der Waals surface area contributed by atoms with Crippen LogP contribution in [0.2, 0.25) is 0 Å². The molecule has 4 heteroatoms. The first-order valence-electron chi connectivity index (χ1n) is 6.35. The molecule has 0 fully saturated rings. The predicted octanol–water partition coefficient (Wildman–Crippen LogP) is 1.65. The van der Waals surface area contributed by atoms with E-state index in [1.165, 1.54) is 0 Å². The van der Waals surface area contributed by atoms with Crippen molar-refractivity contribution < 1.29 is 14.6 Å². The lowest BCUT2D eigenvalue weighted by molar-refractivity contribution is -0.145. The Kier molecular flexibility index (Phi) is 7.06. The van der Waals surface area contributed by atoms with E-state index in [-0.39, 0.29) is 12.6 Å². The number of carbonyl (C=O) groups excluding carboxylic acids is 1. The zero-order valence-electron chi connectivity index (χ0n) is 10.8. The second-order valence-electron chi connectivity index (χ2n) is 3.98. The highest BCUT2D eigenvalue weighted by molar-refractivity contribution is 5.77. The minimum Gasteiger partial charge on any atom is -0.465 e. The van der Waals surface area contributed by atoms with Gasteiger partial charge in [-0.05, 0) is 31.9 Å². The van der Waals surface area contributed by atoms with Crippen LogP contribution in [0.1, 0.15) is 31.4 Å². The number of ether oxygens (including phenoxy) is 1. The number of aliphatic hydroxyl groups excluding tert-OH is 1. The Morgan fingerprint density at radius 1 is 1.33 bits per heavy atom. The van der Waals surface area contributed by atoms with Crippen molar-refractivity contribution in [2.75, 3.05) is 19.8 Å². The van der Waals surface area contributed by atoms with Crippen LogP contribution >= 0.6 is 0 Å². The molecular formula is C14H21NO3. The number of carbonyl (C=O) groups is 1. The van der Waals surface area contributed by atoms with E-state index in [0.717, 1.165) is 18.4 Å². The van der Waals surface area contributed by atoms with Gasteiger partial charge in [0, 0.05) is 6.61 Å². The van der Waals surface area contributed by atoms with Crippen molar-refractivity contribution in [3.05, 3.63) is 35.9 Å². The van der Waals surface area contributed by atoms with Gasteiger partial charge in [-0.15, -0.1) is 0 Å². The number of rotatable bonds is 8. The van der Waals surface area contributed by atoms with Gasteiger partial charge in [0.05, 0.1) is 6.61 Å². The van der Waals surface area contributed by atoms with Crippen LogP contribution in [-0.4, -0.2) is 30.8 Å². The molecule has 0 aliphatic heterocycles. The third-order valence-corrected chi connectivity index (χ3v) is 2.59. The van der Waals surface area contributed by atoms with Crippen LogP contribution in [0.15, 0.2) is 30.3 Å². The van der Waals surface area contributed by atoms with Gasteiger partial charge in [0.15, 0.2) is 0 Å². The standard InChI is InChI=1S/C14H21NO3/c1-2-18-14(17)13(15-10-6-7-11-16)12-8-4-3-5-9-12/h3-5,8-9,13,15-16H,2,6-7,10-11H2,1H3. The fourth-order valence-corrected chi connectivity index (χ4v) is 1.69. The van der Waals surface area contributed by atoms with Gasteiger partial charge in [0.2, 0.25) is 0 Å². The summed E-state index contributed by atoms with van der Waals surface area (Å²) in [6.07, 6.45) is 1.57. The molecule has 0 aromatic heterocycles. The monoisotopic (exact) mass is 251 g/mol. The predicted molar refractivity (Wildman–Crippen MR) is 70.1 cm³/mol. The second-order valence-corrected chi connectivity index (χ2v) is 3.98. The van der Waals surface area contributed by atoms with Crippen molar-refractivity contribution in [2.24, 2.45) is 0 Å². The van der Waals surface area contributed by atoms with Gasteiger partial charge in [0.1, 0.15) is 6.04 Å².